The highest BCUT2D eigenvalue weighted by Gasteiger charge is 2.43. The van der Waals surface area contributed by atoms with Gasteiger partial charge in [0, 0.05) is 6.42 Å². The third-order valence-corrected chi connectivity index (χ3v) is 2.28. The van der Waals surface area contributed by atoms with Crippen LogP contribution >= 0.6 is 0 Å². The fourth-order valence-corrected chi connectivity index (χ4v) is 1.53. The molecule has 0 aliphatic carbocycles. The third-order valence-electron chi connectivity index (χ3n) is 2.28. The minimum atomic E-state index is -4.53. The summed E-state index contributed by atoms with van der Waals surface area (Å²) in [5.74, 6) is 0. The van der Waals surface area contributed by atoms with E-state index in [1.807, 2.05) is 0 Å². The molecule has 1 aromatic carbocycles. The Balaban J connectivity index is 2.96. The van der Waals surface area contributed by atoms with Crippen molar-refractivity contribution in [1.82, 2.24) is 0 Å². The SMILES string of the molecule is N#CC(C#N)(Cc1ccccc1)CC(F)(F)F. The molecule has 0 heterocycles. The Labute approximate surface area is 96.9 Å². The lowest BCUT2D eigenvalue weighted by molar-refractivity contribution is -0.146. The van der Waals surface area contributed by atoms with Gasteiger partial charge in [0.1, 0.15) is 0 Å². The number of benzene rings is 1. The van der Waals surface area contributed by atoms with Crippen molar-refractivity contribution in [2.75, 3.05) is 0 Å². The minimum Gasteiger partial charge on any atom is -0.197 e. The van der Waals surface area contributed by atoms with Gasteiger partial charge >= 0.3 is 6.18 Å². The fraction of sp³-hybridized carbons (Fsp3) is 0.333. The van der Waals surface area contributed by atoms with Gasteiger partial charge in [-0.3, -0.25) is 0 Å². The molecule has 0 atom stereocenters. The van der Waals surface area contributed by atoms with Crippen LogP contribution in [0.4, 0.5) is 13.2 Å². The molecule has 0 N–H and O–H groups in total. The maximum Gasteiger partial charge on any atom is 0.391 e. The van der Waals surface area contributed by atoms with Crippen molar-refractivity contribution in [3.8, 4) is 12.1 Å². The van der Waals surface area contributed by atoms with Crippen molar-refractivity contribution in [2.45, 2.75) is 19.0 Å². The first-order chi connectivity index (χ1) is 7.91. The molecule has 1 rings (SSSR count). The number of rotatable bonds is 3. The molecule has 0 saturated heterocycles. The Hall–Kier alpha value is -2.01. The standard InChI is InChI=1S/C12H9F3N2/c13-12(14,15)7-11(8-16,9-17)6-10-4-2-1-3-5-10/h1-5H,6-7H2. The van der Waals surface area contributed by atoms with E-state index in [1.54, 1.807) is 30.3 Å². The van der Waals surface area contributed by atoms with E-state index in [0.717, 1.165) is 0 Å². The van der Waals surface area contributed by atoms with E-state index in [4.69, 9.17) is 10.5 Å². The van der Waals surface area contributed by atoms with Crippen LogP contribution in [0.25, 0.3) is 0 Å². The predicted octanol–water partition coefficient (Wildman–Crippen LogP) is 3.22. The van der Waals surface area contributed by atoms with Crippen LogP contribution in [0, 0.1) is 28.1 Å². The predicted molar refractivity (Wildman–Crippen MR) is 54.5 cm³/mol. The monoisotopic (exact) mass is 238 g/mol. The molecular formula is C12H9F3N2. The van der Waals surface area contributed by atoms with E-state index in [0.29, 0.717) is 5.56 Å². The van der Waals surface area contributed by atoms with Crippen molar-refractivity contribution in [2.24, 2.45) is 5.41 Å². The summed E-state index contributed by atoms with van der Waals surface area (Å²) >= 11 is 0. The lowest BCUT2D eigenvalue weighted by Gasteiger charge is -2.20. The van der Waals surface area contributed by atoms with Crippen LogP contribution in [0.15, 0.2) is 30.3 Å². The Morgan fingerprint density at radius 2 is 1.53 bits per heavy atom. The highest BCUT2D eigenvalue weighted by Crippen LogP contribution is 2.35. The molecule has 0 aliphatic heterocycles. The molecule has 88 valence electrons. The largest absolute Gasteiger partial charge is 0.391 e. The second-order valence-corrected chi connectivity index (χ2v) is 3.76. The molecule has 0 amide bonds. The van der Waals surface area contributed by atoms with Gasteiger partial charge in [-0.1, -0.05) is 30.3 Å². The fourth-order valence-electron chi connectivity index (χ4n) is 1.53. The van der Waals surface area contributed by atoms with Crippen molar-refractivity contribution >= 4 is 0 Å². The van der Waals surface area contributed by atoms with Gasteiger partial charge in [0.05, 0.1) is 18.6 Å². The normalized spacial score (nSPS) is 11.6. The minimum absolute atomic E-state index is 0.222. The summed E-state index contributed by atoms with van der Waals surface area (Å²) < 4.78 is 37.0. The summed E-state index contributed by atoms with van der Waals surface area (Å²) in [5.41, 5.74) is -1.50. The molecule has 0 aliphatic rings. The van der Waals surface area contributed by atoms with Gasteiger partial charge in [0.15, 0.2) is 5.41 Å². The van der Waals surface area contributed by atoms with Gasteiger partial charge in [0.2, 0.25) is 0 Å². The molecule has 17 heavy (non-hydrogen) atoms. The van der Waals surface area contributed by atoms with Crippen molar-refractivity contribution in [1.29, 1.82) is 10.5 Å². The van der Waals surface area contributed by atoms with E-state index in [1.165, 1.54) is 12.1 Å². The van der Waals surface area contributed by atoms with E-state index >= 15 is 0 Å². The molecule has 0 spiro atoms. The molecule has 5 heteroatoms. The zero-order chi connectivity index (χ0) is 12.9. The van der Waals surface area contributed by atoms with Gasteiger partial charge < -0.3 is 0 Å². The summed E-state index contributed by atoms with van der Waals surface area (Å²) in [4.78, 5) is 0. The zero-order valence-electron chi connectivity index (χ0n) is 8.83. The maximum absolute atomic E-state index is 12.3. The summed E-state index contributed by atoms with van der Waals surface area (Å²) in [7, 11) is 0. The number of nitriles is 2. The maximum atomic E-state index is 12.3. The average Bonchev–Trinajstić information content (AvgIpc) is 2.27. The van der Waals surface area contributed by atoms with Gasteiger partial charge in [-0.15, -0.1) is 0 Å². The summed E-state index contributed by atoms with van der Waals surface area (Å²) in [6.45, 7) is 0. The summed E-state index contributed by atoms with van der Waals surface area (Å²) in [6, 6.07) is 11.2. The van der Waals surface area contributed by atoms with Crippen LogP contribution in [0.5, 0.6) is 0 Å². The molecule has 0 aromatic heterocycles. The highest BCUT2D eigenvalue weighted by atomic mass is 19.4. The summed E-state index contributed by atoms with van der Waals surface area (Å²) in [6.07, 6.45) is -6.16. The summed E-state index contributed by atoms with van der Waals surface area (Å²) in [5, 5.41) is 17.7. The van der Waals surface area contributed by atoms with Crippen molar-refractivity contribution in [3.63, 3.8) is 0 Å². The van der Waals surface area contributed by atoms with Crippen LogP contribution in [0.1, 0.15) is 12.0 Å². The molecule has 0 unspecified atom stereocenters. The second-order valence-electron chi connectivity index (χ2n) is 3.76. The number of nitrogens with zero attached hydrogens (tertiary/aromatic N) is 2. The Morgan fingerprint density at radius 3 is 1.94 bits per heavy atom. The molecule has 0 fully saturated rings. The quantitative estimate of drug-likeness (QED) is 0.811. The van der Waals surface area contributed by atoms with E-state index in [-0.39, 0.29) is 6.42 Å². The van der Waals surface area contributed by atoms with E-state index in [9.17, 15) is 13.2 Å². The highest BCUT2D eigenvalue weighted by molar-refractivity contribution is 5.24. The molecular weight excluding hydrogens is 229 g/mol. The first-order valence-electron chi connectivity index (χ1n) is 4.84. The second kappa shape index (κ2) is 4.88. The van der Waals surface area contributed by atoms with Crippen LogP contribution in [-0.4, -0.2) is 6.18 Å². The number of hydrogen-bond acceptors (Lipinski definition) is 2. The molecule has 2 nitrogen and oxygen atoms in total. The third kappa shape index (κ3) is 3.81. The Bertz CT molecular complexity index is 437. The average molecular weight is 238 g/mol. The van der Waals surface area contributed by atoms with Gasteiger partial charge in [-0.25, -0.2) is 0 Å². The van der Waals surface area contributed by atoms with Crippen LogP contribution < -0.4 is 0 Å². The smallest absolute Gasteiger partial charge is 0.197 e. The van der Waals surface area contributed by atoms with Gasteiger partial charge in [0.25, 0.3) is 0 Å². The number of alkyl halides is 3. The lowest BCUT2D eigenvalue weighted by atomic mass is 9.81. The van der Waals surface area contributed by atoms with Crippen LogP contribution in [0.3, 0.4) is 0 Å². The van der Waals surface area contributed by atoms with Crippen LogP contribution in [-0.2, 0) is 6.42 Å². The van der Waals surface area contributed by atoms with Gasteiger partial charge in [-0.2, -0.15) is 23.7 Å². The Kier molecular flexibility index (Phi) is 3.75. The molecule has 0 radical (unpaired) electrons. The molecule has 0 saturated carbocycles. The lowest BCUT2D eigenvalue weighted by Crippen LogP contribution is -2.27. The van der Waals surface area contributed by atoms with Crippen molar-refractivity contribution < 1.29 is 13.2 Å². The number of hydrogen-bond donors (Lipinski definition) is 0. The van der Waals surface area contributed by atoms with Crippen LogP contribution in [0.2, 0.25) is 0 Å². The zero-order valence-corrected chi connectivity index (χ0v) is 8.83. The van der Waals surface area contributed by atoms with Gasteiger partial charge in [-0.05, 0) is 5.56 Å². The first kappa shape index (κ1) is 13.1. The first-order valence-corrected chi connectivity index (χ1v) is 4.84. The van der Waals surface area contributed by atoms with E-state index < -0.39 is 18.0 Å². The van der Waals surface area contributed by atoms with Crippen molar-refractivity contribution in [3.05, 3.63) is 35.9 Å². The van der Waals surface area contributed by atoms with E-state index in [2.05, 4.69) is 0 Å². The topological polar surface area (TPSA) is 47.6 Å². The molecule has 1 aromatic rings. The number of halogens is 3. The molecule has 0 bridgehead atoms. The Morgan fingerprint density at radius 1 is 1.00 bits per heavy atom.